The standard InChI is InChI=1S/C11H12BFO4/c1-17-10(14)11(4-5-11)8-3-2-7(12(15)16)6-9(8)13/h2-3,6,15-16H,4-5H2,1H3. The number of rotatable bonds is 3. The van der Waals surface area contributed by atoms with Crippen molar-refractivity contribution in [3.8, 4) is 0 Å². The summed E-state index contributed by atoms with van der Waals surface area (Å²) in [7, 11) is -0.446. The Kier molecular flexibility index (Phi) is 2.93. The van der Waals surface area contributed by atoms with Crippen LogP contribution in [0.3, 0.4) is 0 Å². The first-order valence-corrected chi connectivity index (χ1v) is 5.26. The summed E-state index contributed by atoms with van der Waals surface area (Å²) < 4.78 is 18.5. The molecule has 1 saturated carbocycles. The molecule has 0 heterocycles. The third kappa shape index (κ3) is 1.94. The minimum absolute atomic E-state index is 0.0620. The maximum atomic E-state index is 13.8. The Balaban J connectivity index is 2.38. The molecule has 1 fully saturated rings. The maximum Gasteiger partial charge on any atom is 0.488 e. The quantitative estimate of drug-likeness (QED) is 0.561. The van der Waals surface area contributed by atoms with E-state index in [0.29, 0.717) is 12.8 Å². The first kappa shape index (κ1) is 12.1. The number of methoxy groups -OCH3 is 1. The van der Waals surface area contributed by atoms with Crippen LogP contribution in [-0.4, -0.2) is 30.2 Å². The molecule has 1 aromatic carbocycles. The smallest absolute Gasteiger partial charge is 0.468 e. The first-order valence-electron chi connectivity index (χ1n) is 5.26. The molecule has 17 heavy (non-hydrogen) atoms. The molecule has 1 aromatic rings. The second kappa shape index (κ2) is 4.12. The van der Waals surface area contributed by atoms with E-state index in [2.05, 4.69) is 4.74 Å². The minimum Gasteiger partial charge on any atom is -0.468 e. The Morgan fingerprint density at radius 1 is 1.47 bits per heavy atom. The van der Waals surface area contributed by atoms with Crippen LogP contribution in [0.2, 0.25) is 0 Å². The highest BCUT2D eigenvalue weighted by Gasteiger charge is 2.54. The van der Waals surface area contributed by atoms with Crippen LogP contribution in [0.15, 0.2) is 18.2 Å². The second-order valence-electron chi connectivity index (χ2n) is 4.19. The van der Waals surface area contributed by atoms with E-state index in [1.54, 1.807) is 0 Å². The number of hydrogen-bond acceptors (Lipinski definition) is 4. The van der Waals surface area contributed by atoms with Crippen molar-refractivity contribution in [1.29, 1.82) is 0 Å². The van der Waals surface area contributed by atoms with Gasteiger partial charge < -0.3 is 14.8 Å². The second-order valence-corrected chi connectivity index (χ2v) is 4.19. The third-order valence-electron chi connectivity index (χ3n) is 3.13. The highest BCUT2D eigenvalue weighted by atomic mass is 19.1. The van der Waals surface area contributed by atoms with Crippen molar-refractivity contribution in [2.24, 2.45) is 0 Å². The Hall–Kier alpha value is -1.40. The fourth-order valence-corrected chi connectivity index (χ4v) is 1.98. The molecule has 6 heteroatoms. The SMILES string of the molecule is COC(=O)C1(c2ccc(B(O)O)cc2F)CC1. The molecule has 0 spiro atoms. The molecule has 0 aliphatic heterocycles. The Labute approximate surface area is 98.2 Å². The van der Waals surface area contributed by atoms with Crippen LogP contribution in [0.25, 0.3) is 0 Å². The molecule has 0 unspecified atom stereocenters. The molecule has 0 saturated heterocycles. The van der Waals surface area contributed by atoms with Gasteiger partial charge in [0, 0.05) is 5.56 Å². The van der Waals surface area contributed by atoms with E-state index >= 15 is 0 Å². The molecular weight excluding hydrogens is 226 g/mol. The monoisotopic (exact) mass is 238 g/mol. The molecule has 2 N–H and O–H groups in total. The molecule has 4 nitrogen and oxygen atoms in total. The van der Waals surface area contributed by atoms with Gasteiger partial charge in [-0.05, 0) is 24.4 Å². The van der Waals surface area contributed by atoms with Crippen molar-refractivity contribution in [3.63, 3.8) is 0 Å². The molecular formula is C11H12BFO4. The summed E-state index contributed by atoms with van der Waals surface area (Å²) in [5, 5.41) is 17.8. The van der Waals surface area contributed by atoms with Gasteiger partial charge in [0.15, 0.2) is 0 Å². The number of ether oxygens (including phenoxy) is 1. The van der Waals surface area contributed by atoms with Crippen molar-refractivity contribution in [2.75, 3.05) is 7.11 Å². The van der Waals surface area contributed by atoms with E-state index in [9.17, 15) is 9.18 Å². The van der Waals surface area contributed by atoms with Gasteiger partial charge in [0.05, 0.1) is 12.5 Å². The van der Waals surface area contributed by atoms with Crippen molar-refractivity contribution in [1.82, 2.24) is 0 Å². The van der Waals surface area contributed by atoms with Gasteiger partial charge in [0.1, 0.15) is 5.82 Å². The van der Waals surface area contributed by atoms with Crippen molar-refractivity contribution < 1.29 is 24.0 Å². The van der Waals surface area contributed by atoms with E-state index in [4.69, 9.17) is 10.0 Å². The normalized spacial score (nSPS) is 16.5. The molecule has 1 aliphatic rings. The molecule has 0 amide bonds. The van der Waals surface area contributed by atoms with Crippen molar-refractivity contribution >= 4 is 18.6 Å². The lowest BCUT2D eigenvalue weighted by Crippen LogP contribution is -2.31. The lowest BCUT2D eigenvalue weighted by atomic mass is 9.79. The lowest BCUT2D eigenvalue weighted by molar-refractivity contribution is -0.143. The first-order chi connectivity index (χ1) is 8.01. The Morgan fingerprint density at radius 3 is 2.53 bits per heavy atom. The summed E-state index contributed by atoms with van der Waals surface area (Å²) in [6, 6.07) is 3.84. The average Bonchev–Trinajstić information content (AvgIpc) is 3.09. The fourth-order valence-electron chi connectivity index (χ4n) is 1.98. The molecule has 2 rings (SSSR count). The zero-order valence-corrected chi connectivity index (χ0v) is 9.31. The van der Waals surface area contributed by atoms with E-state index < -0.39 is 24.3 Å². The Bertz CT molecular complexity index is 457. The zero-order valence-electron chi connectivity index (χ0n) is 9.31. The number of carbonyl (C=O) groups is 1. The predicted octanol–water partition coefficient (Wildman–Crippen LogP) is -0.290. The van der Waals surface area contributed by atoms with E-state index in [1.165, 1.54) is 19.2 Å². The molecule has 0 bridgehead atoms. The number of carbonyl (C=O) groups excluding carboxylic acids is 1. The number of halogens is 1. The summed E-state index contributed by atoms with van der Waals surface area (Å²) in [5.41, 5.74) is -0.557. The summed E-state index contributed by atoms with van der Waals surface area (Å²) in [5.74, 6) is -1.06. The molecule has 1 aliphatic carbocycles. The lowest BCUT2D eigenvalue weighted by Gasteiger charge is -2.14. The Morgan fingerprint density at radius 2 is 2.12 bits per heavy atom. The van der Waals surface area contributed by atoms with Gasteiger partial charge in [-0.15, -0.1) is 0 Å². The van der Waals surface area contributed by atoms with Gasteiger partial charge in [0.25, 0.3) is 0 Å². The summed E-state index contributed by atoms with van der Waals surface area (Å²) in [6.45, 7) is 0. The van der Waals surface area contributed by atoms with Crippen LogP contribution in [0.5, 0.6) is 0 Å². The molecule has 90 valence electrons. The average molecular weight is 238 g/mol. The molecule has 0 aromatic heterocycles. The maximum absolute atomic E-state index is 13.8. The van der Waals surface area contributed by atoms with E-state index in [0.717, 1.165) is 6.07 Å². The van der Waals surface area contributed by atoms with Gasteiger partial charge in [-0.3, -0.25) is 4.79 Å². The van der Waals surface area contributed by atoms with Gasteiger partial charge in [-0.25, -0.2) is 4.39 Å². The summed E-state index contributed by atoms with van der Waals surface area (Å²) >= 11 is 0. The van der Waals surface area contributed by atoms with Crippen molar-refractivity contribution in [2.45, 2.75) is 18.3 Å². The zero-order chi connectivity index (χ0) is 12.6. The van der Waals surface area contributed by atoms with Crippen LogP contribution in [0.4, 0.5) is 4.39 Å². The minimum atomic E-state index is -1.72. The van der Waals surface area contributed by atoms with E-state index in [1.807, 2.05) is 0 Å². The van der Waals surface area contributed by atoms with Crippen molar-refractivity contribution in [3.05, 3.63) is 29.6 Å². The predicted molar refractivity (Wildman–Crippen MR) is 59.2 cm³/mol. The highest BCUT2D eigenvalue weighted by molar-refractivity contribution is 6.58. The highest BCUT2D eigenvalue weighted by Crippen LogP contribution is 2.49. The van der Waals surface area contributed by atoms with Crippen LogP contribution >= 0.6 is 0 Å². The van der Waals surface area contributed by atoms with Crippen LogP contribution in [0.1, 0.15) is 18.4 Å². The van der Waals surface area contributed by atoms with Crippen LogP contribution < -0.4 is 5.46 Å². The van der Waals surface area contributed by atoms with Gasteiger partial charge in [-0.2, -0.15) is 0 Å². The number of benzene rings is 1. The summed E-state index contributed by atoms with van der Waals surface area (Å²) in [4.78, 5) is 11.6. The van der Waals surface area contributed by atoms with Gasteiger partial charge >= 0.3 is 13.1 Å². The third-order valence-corrected chi connectivity index (χ3v) is 3.13. The fraction of sp³-hybridized carbons (Fsp3) is 0.364. The van der Waals surface area contributed by atoms with Gasteiger partial charge in [-0.1, -0.05) is 12.1 Å². The number of esters is 1. The number of hydrogen-bond donors (Lipinski definition) is 2. The molecule has 0 radical (unpaired) electrons. The van der Waals surface area contributed by atoms with Crippen LogP contribution in [-0.2, 0) is 14.9 Å². The summed E-state index contributed by atoms with van der Waals surface area (Å²) in [6.07, 6.45) is 1.11. The van der Waals surface area contributed by atoms with Crippen LogP contribution in [0, 0.1) is 5.82 Å². The molecule has 0 atom stereocenters. The van der Waals surface area contributed by atoms with E-state index in [-0.39, 0.29) is 11.0 Å². The largest absolute Gasteiger partial charge is 0.488 e. The van der Waals surface area contributed by atoms with Gasteiger partial charge in [0.2, 0.25) is 0 Å². The topological polar surface area (TPSA) is 66.8 Å².